The van der Waals surface area contributed by atoms with Gasteiger partial charge in [-0.05, 0) is 23.7 Å². The molecule has 7 heteroatoms. The van der Waals surface area contributed by atoms with Gasteiger partial charge < -0.3 is 0 Å². The summed E-state index contributed by atoms with van der Waals surface area (Å²) in [6.07, 6.45) is 4.09. The molecule has 98 valence electrons. The second kappa shape index (κ2) is 5.71. The molecule has 19 heavy (non-hydrogen) atoms. The van der Waals surface area contributed by atoms with Crippen molar-refractivity contribution in [1.29, 1.82) is 0 Å². The van der Waals surface area contributed by atoms with Crippen molar-refractivity contribution in [3.8, 4) is 11.4 Å². The zero-order valence-corrected chi connectivity index (χ0v) is 11.1. The van der Waals surface area contributed by atoms with E-state index in [-0.39, 0.29) is 11.0 Å². The SMILES string of the molecule is CC.Fc1cnc(Cl)nc1-c1cnc2cccnn12. The zero-order valence-electron chi connectivity index (χ0n) is 10.4. The minimum absolute atomic E-state index is 0.0210. The van der Waals surface area contributed by atoms with Gasteiger partial charge in [-0.3, -0.25) is 0 Å². The highest BCUT2D eigenvalue weighted by atomic mass is 35.5. The van der Waals surface area contributed by atoms with Gasteiger partial charge in [0.25, 0.3) is 0 Å². The maximum atomic E-state index is 13.6. The van der Waals surface area contributed by atoms with E-state index in [4.69, 9.17) is 11.6 Å². The molecule has 3 aromatic heterocycles. The summed E-state index contributed by atoms with van der Waals surface area (Å²) in [6.45, 7) is 4.00. The highest BCUT2D eigenvalue weighted by molar-refractivity contribution is 6.28. The van der Waals surface area contributed by atoms with Crippen LogP contribution in [-0.4, -0.2) is 24.6 Å². The Morgan fingerprint density at radius 1 is 1.21 bits per heavy atom. The van der Waals surface area contributed by atoms with Gasteiger partial charge >= 0.3 is 0 Å². The molecule has 0 saturated carbocycles. The molecule has 0 atom stereocenters. The van der Waals surface area contributed by atoms with Crippen LogP contribution in [0.1, 0.15) is 13.8 Å². The third kappa shape index (κ3) is 2.53. The van der Waals surface area contributed by atoms with E-state index >= 15 is 0 Å². The summed E-state index contributed by atoms with van der Waals surface area (Å²) in [7, 11) is 0. The molecule has 0 aromatic carbocycles. The van der Waals surface area contributed by atoms with Gasteiger partial charge in [0.2, 0.25) is 5.28 Å². The van der Waals surface area contributed by atoms with Gasteiger partial charge in [0, 0.05) is 6.20 Å². The quantitative estimate of drug-likeness (QED) is 0.643. The van der Waals surface area contributed by atoms with E-state index in [0.29, 0.717) is 11.3 Å². The van der Waals surface area contributed by atoms with Crippen LogP contribution < -0.4 is 0 Å². The fourth-order valence-electron chi connectivity index (χ4n) is 1.52. The van der Waals surface area contributed by atoms with Crippen molar-refractivity contribution in [3.05, 3.63) is 41.8 Å². The average molecular weight is 280 g/mol. The lowest BCUT2D eigenvalue weighted by Crippen LogP contribution is -1.98. The predicted octanol–water partition coefficient (Wildman–Crippen LogP) is 3.01. The number of aromatic nitrogens is 5. The van der Waals surface area contributed by atoms with E-state index in [1.54, 1.807) is 18.3 Å². The third-order valence-electron chi connectivity index (χ3n) is 2.24. The average Bonchev–Trinajstić information content (AvgIpc) is 2.88. The fraction of sp³-hybridized carbons (Fsp3) is 0.167. The summed E-state index contributed by atoms with van der Waals surface area (Å²) >= 11 is 5.65. The lowest BCUT2D eigenvalue weighted by molar-refractivity contribution is 0.616. The Balaban J connectivity index is 0.000000637. The van der Waals surface area contributed by atoms with Crippen molar-refractivity contribution in [2.24, 2.45) is 0 Å². The molecule has 0 spiro atoms. The Hall–Kier alpha value is -2.08. The Morgan fingerprint density at radius 2 is 2.00 bits per heavy atom. The van der Waals surface area contributed by atoms with Crippen LogP contribution in [0.5, 0.6) is 0 Å². The molecule has 0 aliphatic carbocycles. The first-order valence-electron chi connectivity index (χ1n) is 5.73. The normalized spacial score (nSPS) is 10.1. The molecule has 0 fully saturated rings. The number of halogens is 2. The van der Waals surface area contributed by atoms with E-state index in [2.05, 4.69) is 20.1 Å². The third-order valence-corrected chi connectivity index (χ3v) is 2.42. The molecule has 0 aliphatic heterocycles. The minimum atomic E-state index is -0.568. The van der Waals surface area contributed by atoms with Crippen LogP contribution in [0.3, 0.4) is 0 Å². The summed E-state index contributed by atoms with van der Waals surface area (Å²) in [6, 6.07) is 3.51. The first-order valence-corrected chi connectivity index (χ1v) is 6.10. The lowest BCUT2D eigenvalue weighted by Gasteiger charge is -2.01. The summed E-state index contributed by atoms with van der Waals surface area (Å²) in [4.78, 5) is 11.5. The maximum Gasteiger partial charge on any atom is 0.223 e. The highest BCUT2D eigenvalue weighted by Gasteiger charge is 2.13. The molecule has 0 saturated heterocycles. The van der Waals surface area contributed by atoms with E-state index in [0.717, 1.165) is 6.20 Å². The molecular formula is C12H11ClFN5. The van der Waals surface area contributed by atoms with E-state index in [9.17, 15) is 4.39 Å². The second-order valence-electron chi connectivity index (χ2n) is 3.27. The van der Waals surface area contributed by atoms with Gasteiger partial charge in [0.05, 0.1) is 12.4 Å². The van der Waals surface area contributed by atoms with Crippen LogP contribution >= 0.6 is 11.6 Å². The Bertz CT molecular complexity index is 697. The molecule has 3 aromatic rings. The number of hydrogen-bond acceptors (Lipinski definition) is 4. The van der Waals surface area contributed by atoms with Crippen molar-refractivity contribution in [3.63, 3.8) is 0 Å². The number of imidazole rings is 1. The molecule has 0 aliphatic rings. The van der Waals surface area contributed by atoms with Gasteiger partial charge in [0.1, 0.15) is 11.4 Å². The Labute approximate surface area is 114 Å². The van der Waals surface area contributed by atoms with Crippen LogP contribution in [0, 0.1) is 5.82 Å². The number of rotatable bonds is 1. The summed E-state index contributed by atoms with van der Waals surface area (Å²) < 4.78 is 15.1. The van der Waals surface area contributed by atoms with Crippen molar-refractivity contribution < 1.29 is 4.39 Å². The van der Waals surface area contributed by atoms with E-state index in [1.165, 1.54) is 10.7 Å². The Morgan fingerprint density at radius 3 is 2.79 bits per heavy atom. The number of fused-ring (bicyclic) bond motifs is 1. The highest BCUT2D eigenvalue weighted by Crippen LogP contribution is 2.21. The topological polar surface area (TPSA) is 56.0 Å². The largest absolute Gasteiger partial charge is 0.235 e. The van der Waals surface area contributed by atoms with Crippen LogP contribution in [-0.2, 0) is 0 Å². The molecule has 5 nitrogen and oxygen atoms in total. The van der Waals surface area contributed by atoms with Gasteiger partial charge in [0.15, 0.2) is 11.5 Å². The fourth-order valence-corrected chi connectivity index (χ4v) is 1.65. The monoisotopic (exact) mass is 279 g/mol. The maximum absolute atomic E-state index is 13.6. The molecule has 3 rings (SSSR count). The van der Waals surface area contributed by atoms with Crippen molar-refractivity contribution in [2.45, 2.75) is 13.8 Å². The number of nitrogens with zero attached hydrogens (tertiary/aromatic N) is 5. The predicted molar refractivity (Wildman–Crippen MR) is 70.3 cm³/mol. The lowest BCUT2D eigenvalue weighted by atomic mass is 10.3. The van der Waals surface area contributed by atoms with Crippen molar-refractivity contribution in [2.75, 3.05) is 0 Å². The van der Waals surface area contributed by atoms with Gasteiger partial charge in [-0.2, -0.15) is 5.10 Å². The summed E-state index contributed by atoms with van der Waals surface area (Å²) in [5.41, 5.74) is 1.12. The van der Waals surface area contributed by atoms with Gasteiger partial charge in [-0.25, -0.2) is 23.9 Å². The van der Waals surface area contributed by atoms with Gasteiger partial charge in [-0.1, -0.05) is 13.8 Å². The Kier molecular flexibility index (Phi) is 4.01. The summed E-state index contributed by atoms with van der Waals surface area (Å²) in [5.74, 6) is -0.568. The molecule has 0 radical (unpaired) electrons. The molecular weight excluding hydrogens is 269 g/mol. The smallest absolute Gasteiger partial charge is 0.223 e. The van der Waals surface area contributed by atoms with Crippen LogP contribution in [0.4, 0.5) is 4.39 Å². The van der Waals surface area contributed by atoms with Crippen LogP contribution in [0.15, 0.2) is 30.7 Å². The second-order valence-corrected chi connectivity index (χ2v) is 3.61. The van der Waals surface area contributed by atoms with Crippen molar-refractivity contribution >= 4 is 17.2 Å². The van der Waals surface area contributed by atoms with Crippen LogP contribution in [0.2, 0.25) is 5.28 Å². The first-order chi connectivity index (χ1) is 9.25. The molecule has 0 N–H and O–H groups in total. The molecule has 0 amide bonds. The molecule has 3 heterocycles. The van der Waals surface area contributed by atoms with E-state index in [1.807, 2.05) is 13.8 Å². The molecule has 0 unspecified atom stereocenters. The summed E-state index contributed by atoms with van der Waals surface area (Å²) in [5, 5.41) is 4.05. The molecule has 0 bridgehead atoms. The standard InChI is InChI=1S/C10H5ClFN5.C2H6/c11-10-14-4-6(12)9(16-10)7-5-13-8-2-1-3-15-17(7)8;1-2/h1-5H;1-2H3. The van der Waals surface area contributed by atoms with Crippen molar-refractivity contribution in [1.82, 2.24) is 24.6 Å². The first kappa shape index (κ1) is 13.4. The number of hydrogen-bond donors (Lipinski definition) is 0. The van der Waals surface area contributed by atoms with Crippen LogP contribution in [0.25, 0.3) is 17.0 Å². The zero-order chi connectivity index (χ0) is 13.8. The van der Waals surface area contributed by atoms with E-state index < -0.39 is 5.82 Å². The van der Waals surface area contributed by atoms with Gasteiger partial charge in [-0.15, -0.1) is 0 Å². The minimum Gasteiger partial charge on any atom is -0.235 e.